The summed E-state index contributed by atoms with van der Waals surface area (Å²) in [6.45, 7) is 7.82. The van der Waals surface area contributed by atoms with E-state index in [4.69, 9.17) is 17.3 Å². The van der Waals surface area contributed by atoms with Gasteiger partial charge in [-0.15, -0.1) is 0 Å². The van der Waals surface area contributed by atoms with Gasteiger partial charge in [-0.1, -0.05) is 50.6 Å². The highest BCUT2D eigenvalue weighted by Crippen LogP contribution is 2.19. The molecule has 0 saturated heterocycles. The largest absolute Gasteiger partial charge is 0.352 e. The van der Waals surface area contributed by atoms with Crippen LogP contribution in [0.5, 0.6) is 0 Å². The van der Waals surface area contributed by atoms with Gasteiger partial charge in [-0.25, -0.2) is 0 Å². The first kappa shape index (κ1) is 16.0. The average molecular weight is 283 g/mol. The molecule has 1 rings (SSSR count). The second kappa shape index (κ2) is 6.40. The molecule has 0 spiro atoms. The minimum absolute atomic E-state index is 0.000741. The summed E-state index contributed by atoms with van der Waals surface area (Å²) in [5.41, 5.74) is 6.71. The Hall–Kier alpha value is -1.06. The van der Waals surface area contributed by atoms with Crippen LogP contribution in [0.2, 0.25) is 5.02 Å². The normalized spacial score (nSPS) is 14.8. The molecule has 0 bridgehead atoms. The Labute approximate surface area is 120 Å². The van der Waals surface area contributed by atoms with Crippen LogP contribution in [-0.4, -0.2) is 18.0 Å². The number of rotatable bonds is 4. The Kier molecular flexibility index (Phi) is 5.39. The molecule has 1 aromatic rings. The van der Waals surface area contributed by atoms with Crippen molar-refractivity contribution in [3.05, 3.63) is 34.9 Å². The summed E-state index contributed by atoms with van der Waals surface area (Å²) in [6, 6.07) is 7.14. The number of benzene rings is 1. The Bertz CT molecular complexity index is 440. The van der Waals surface area contributed by atoms with Gasteiger partial charge in [-0.2, -0.15) is 0 Å². The first-order valence-electron chi connectivity index (χ1n) is 6.51. The number of nitrogens with one attached hydrogen (secondary N) is 1. The van der Waals surface area contributed by atoms with E-state index in [-0.39, 0.29) is 17.4 Å². The molecule has 0 saturated carbocycles. The highest BCUT2D eigenvalue weighted by atomic mass is 35.5. The third kappa shape index (κ3) is 4.84. The second-order valence-electron chi connectivity index (χ2n) is 6.05. The van der Waals surface area contributed by atoms with Gasteiger partial charge in [-0.05, 0) is 30.4 Å². The van der Waals surface area contributed by atoms with Crippen molar-refractivity contribution in [3.8, 4) is 0 Å². The molecule has 1 aromatic carbocycles. The molecule has 2 atom stereocenters. The Morgan fingerprint density at radius 3 is 2.47 bits per heavy atom. The summed E-state index contributed by atoms with van der Waals surface area (Å²) >= 11 is 6.10. The molecule has 0 aromatic heterocycles. The van der Waals surface area contributed by atoms with Gasteiger partial charge in [0, 0.05) is 11.1 Å². The van der Waals surface area contributed by atoms with Gasteiger partial charge in [-0.3, -0.25) is 4.79 Å². The molecule has 0 aliphatic rings. The molecule has 4 heteroatoms. The van der Waals surface area contributed by atoms with E-state index in [0.717, 1.165) is 10.6 Å². The first-order valence-corrected chi connectivity index (χ1v) is 6.89. The van der Waals surface area contributed by atoms with Crippen LogP contribution in [0.15, 0.2) is 24.3 Å². The first-order chi connectivity index (χ1) is 8.71. The van der Waals surface area contributed by atoms with Gasteiger partial charge in [0.25, 0.3) is 0 Å². The van der Waals surface area contributed by atoms with Gasteiger partial charge in [0.05, 0.1) is 6.04 Å². The van der Waals surface area contributed by atoms with E-state index in [0.29, 0.717) is 6.42 Å². The molecule has 0 aliphatic carbocycles. The van der Waals surface area contributed by atoms with Gasteiger partial charge in [0.2, 0.25) is 5.91 Å². The number of nitrogens with two attached hydrogens (primary N) is 1. The number of amides is 1. The molecular formula is C15H23ClN2O. The molecule has 0 fully saturated rings. The minimum Gasteiger partial charge on any atom is -0.352 e. The summed E-state index contributed by atoms with van der Waals surface area (Å²) in [6.07, 6.45) is 0.697. The lowest BCUT2D eigenvalue weighted by atomic mass is 9.87. The fraction of sp³-hybridized carbons (Fsp3) is 0.533. The summed E-state index contributed by atoms with van der Waals surface area (Å²) in [5, 5.41) is 3.66. The van der Waals surface area contributed by atoms with Crippen molar-refractivity contribution in [2.75, 3.05) is 0 Å². The molecule has 19 heavy (non-hydrogen) atoms. The van der Waals surface area contributed by atoms with Crippen molar-refractivity contribution in [3.63, 3.8) is 0 Å². The van der Waals surface area contributed by atoms with Crippen LogP contribution in [0, 0.1) is 5.41 Å². The number of carbonyl (C=O) groups is 1. The standard InChI is InChI=1S/C15H23ClN2O/c1-10(9-11-7-5-6-8-12(11)16)18-14(19)13(17)15(2,3)4/h5-8,10,13H,9,17H2,1-4H3,(H,18,19)/t10?,13-/m0/s1. The van der Waals surface area contributed by atoms with E-state index in [1.165, 1.54) is 0 Å². The molecule has 1 unspecified atom stereocenters. The zero-order chi connectivity index (χ0) is 14.6. The zero-order valence-corrected chi connectivity index (χ0v) is 12.8. The Balaban J connectivity index is 2.59. The van der Waals surface area contributed by atoms with Crippen molar-refractivity contribution < 1.29 is 4.79 Å². The fourth-order valence-corrected chi connectivity index (χ4v) is 1.98. The van der Waals surface area contributed by atoms with Gasteiger partial charge >= 0.3 is 0 Å². The summed E-state index contributed by atoms with van der Waals surface area (Å²) in [4.78, 5) is 12.0. The summed E-state index contributed by atoms with van der Waals surface area (Å²) < 4.78 is 0. The van der Waals surface area contributed by atoms with Crippen molar-refractivity contribution in [1.82, 2.24) is 5.32 Å². The molecule has 3 N–H and O–H groups in total. The van der Waals surface area contributed by atoms with Crippen LogP contribution in [0.1, 0.15) is 33.3 Å². The fourth-order valence-electron chi connectivity index (χ4n) is 1.77. The molecule has 106 valence electrons. The minimum atomic E-state index is -0.513. The monoisotopic (exact) mass is 282 g/mol. The van der Waals surface area contributed by atoms with E-state index in [1.54, 1.807) is 0 Å². The number of carbonyl (C=O) groups excluding carboxylic acids is 1. The van der Waals surface area contributed by atoms with Crippen LogP contribution in [0.25, 0.3) is 0 Å². The van der Waals surface area contributed by atoms with Crippen LogP contribution in [0.3, 0.4) is 0 Å². The smallest absolute Gasteiger partial charge is 0.237 e. The van der Waals surface area contributed by atoms with Crippen molar-refractivity contribution in [1.29, 1.82) is 0 Å². The van der Waals surface area contributed by atoms with Gasteiger partial charge in [0.15, 0.2) is 0 Å². The quantitative estimate of drug-likeness (QED) is 0.892. The van der Waals surface area contributed by atoms with Crippen molar-refractivity contribution in [2.45, 2.75) is 46.2 Å². The third-order valence-electron chi connectivity index (χ3n) is 3.09. The lowest BCUT2D eigenvalue weighted by Crippen LogP contribution is -2.51. The maximum Gasteiger partial charge on any atom is 0.237 e. The van der Waals surface area contributed by atoms with Crippen LogP contribution < -0.4 is 11.1 Å². The maximum atomic E-state index is 12.0. The molecular weight excluding hydrogens is 260 g/mol. The third-order valence-corrected chi connectivity index (χ3v) is 3.46. The molecule has 0 heterocycles. The topological polar surface area (TPSA) is 55.1 Å². The van der Waals surface area contributed by atoms with Crippen molar-refractivity contribution >= 4 is 17.5 Å². The molecule has 0 radical (unpaired) electrons. The molecule has 3 nitrogen and oxygen atoms in total. The number of hydrogen-bond donors (Lipinski definition) is 2. The highest BCUT2D eigenvalue weighted by molar-refractivity contribution is 6.31. The lowest BCUT2D eigenvalue weighted by Gasteiger charge is -2.27. The highest BCUT2D eigenvalue weighted by Gasteiger charge is 2.28. The summed E-state index contributed by atoms with van der Waals surface area (Å²) in [5.74, 6) is -0.118. The van der Waals surface area contributed by atoms with E-state index >= 15 is 0 Å². The van der Waals surface area contributed by atoms with Gasteiger partial charge in [0.1, 0.15) is 0 Å². The van der Waals surface area contributed by atoms with E-state index in [1.807, 2.05) is 52.0 Å². The van der Waals surface area contributed by atoms with E-state index in [2.05, 4.69) is 5.32 Å². The lowest BCUT2D eigenvalue weighted by molar-refractivity contribution is -0.125. The van der Waals surface area contributed by atoms with Gasteiger partial charge < -0.3 is 11.1 Å². The van der Waals surface area contributed by atoms with E-state index in [9.17, 15) is 4.79 Å². The average Bonchev–Trinajstić information content (AvgIpc) is 2.29. The zero-order valence-electron chi connectivity index (χ0n) is 12.0. The summed E-state index contributed by atoms with van der Waals surface area (Å²) in [7, 11) is 0. The number of hydrogen-bond acceptors (Lipinski definition) is 2. The van der Waals surface area contributed by atoms with Crippen molar-refractivity contribution in [2.24, 2.45) is 11.1 Å². The van der Waals surface area contributed by atoms with Crippen LogP contribution in [-0.2, 0) is 11.2 Å². The maximum absolute atomic E-state index is 12.0. The SMILES string of the molecule is CC(Cc1ccccc1Cl)NC(=O)[C@H](N)C(C)(C)C. The molecule has 1 amide bonds. The van der Waals surface area contributed by atoms with Crippen LogP contribution >= 0.6 is 11.6 Å². The molecule has 0 aliphatic heterocycles. The van der Waals surface area contributed by atoms with Crippen LogP contribution in [0.4, 0.5) is 0 Å². The second-order valence-corrected chi connectivity index (χ2v) is 6.46. The predicted molar refractivity (Wildman–Crippen MR) is 80.2 cm³/mol. The Morgan fingerprint density at radius 1 is 1.37 bits per heavy atom. The number of halogens is 1. The Morgan fingerprint density at radius 2 is 1.95 bits per heavy atom. The van der Waals surface area contributed by atoms with E-state index < -0.39 is 6.04 Å². The predicted octanol–water partition coefficient (Wildman–Crippen LogP) is 2.76.